The molecule has 0 aliphatic rings. The van der Waals surface area contributed by atoms with Gasteiger partial charge in [0.1, 0.15) is 11.4 Å². The number of nitrogen functional groups attached to an aromatic ring is 1. The summed E-state index contributed by atoms with van der Waals surface area (Å²) >= 11 is 5.85. The Kier molecular flexibility index (Phi) is 3.53. The van der Waals surface area contributed by atoms with Crippen molar-refractivity contribution in [3.05, 3.63) is 47.2 Å². The Morgan fingerprint density at radius 3 is 2.47 bits per heavy atom. The quantitative estimate of drug-likeness (QED) is 0.904. The van der Waals surface area contributed by atoms with Crippen LogP contribution in [0.25, 0.3) is 0 Å². The lowest BCUT2D eigenvalue weighted by Gasteiger charge is -2.12. The van der Waals surface area contributed by atoms with Gasteiger partial charge in [-0.3, -0.25) is 0 Å². The van der Waals surface area contributed by atoms with Crippen molar-refractivity contribution in [3.63, 3.8) is 0 Å². The van der Waals surface area contributed by atoms with E-state index < -0.39 is 11.9 Å². The summed E-state index contributed by atoms with van der Waals surface area (Å²) in [5, 5.41) is 0.271. The number of anilines is 1. The van der Waals surface area contributed by atoms with Crippen LogP contribution in [0.4, 0.5) is 18.9 Å². The molecule has 100 valence electrons. The van der Waals surface area contributed by atoms with E-state index in [4.69, 9.17) is 22.1 Å². The number of halogens is 4. The van der Waals surface area contributed by atoms with Crippen LogP contribution in [0.5, 0.6) is 11.5 Å². The van der Waals surface area contributed by atoms with Crippen molar-refractivity contribution in [3.8, 4) is 11.5 Å². The molecule has 0 saturated heterocycles. The Labute approximate surface area is 111 Å². The molecule has 7 heteroatoms. The van der Waals surface area contributed by atoms with Crippen molar-refractivity contribution in [2.24, 2.45) is 0 Å². The van der Waals surface area contributed by atoms with Crippen LogP contribution in [-0.4, -0.2) is 4.98 Å². The molecule has 3 nitrogen and oxygen atoms in total. The molecule has 2 N–H and O–H groups in total. The summed E-state index contributed by atoms with van der Waals surface area (Å²) < 4.78 is 42.9. The predicted octanol–water partition coefficient (Wildman–Crippen LogP) is 4.13. The van der Waals surface area contributed by atoms with Crippen LogP contribution in [0.3, 0.4) is 0 Å². The van der Waals surface area contributed by atoms with Crippen LogP contribution in [-0.2, 0) is 6.18 Å². The van der Waals surface area contributed by atoms with E-state index in [0.29, 0.717) is 0 Å². The Hall–Kier alpha value is -1.95. The SMILES string of the molecule is Nc1cnc(C(F)(F)F)cc1Oc1ccccc1Cl. The van der Waals surface area contributed by atoms with Crippen molar-refractivity contribution < 1.29 is 17.9 Å². The first-order chi connectivity index (χ1) is 8.88. The van der Waals surface area contributed by atoms with Gasteiger partial charge in [0.15, 0.2) is 5.75 Å². The van der Waals surface area contributed by atoms with Crippen LogP contribution >= 0.6 is 11.6 Å². The van der Waals surface area contributed by atoms with E-state index in [9.17, 15) is 13.2 Å². The first-order valence-corrected chi connectivity index (χ1v) is 5.51. The molecule has 1 aromatic heterocycles. The van der Waals surface area contributed by atoms with Crippen LogP contribution in [0.2, 0.25) is 5.02 Å². The van der Waals surface area contributed by atoms with E-state index in [0.717, 1.165) is 12.3 Å². The van der Waals surface area contributed by atoms with Crippen LogP contribution in [0.1, 0.15) is 5.69 Å². The van der Waals surface area contributed by atoms with Gasteiger partial charge in [-0.1, -0.05) is 23.7 Å². The van der Waals surface area contributed by atoms with Crippen LogP contribution in [0.15, 0.2) is 36.5 Å². The lowest BCUT2D eigenvalue weighted by Crippen LogP contribution is -2.08. The minimum Gasteiger partial charge on any atom is -0.453 e. The highest BCUT2D eigenvalue weighted by Gasteiger charge is 2.33. The number of alkyl halides is 3. The Balaban J connectivity index is 2.38. The zero-order chi connectivity index (χ0) is 14.0. The van der Waals surface area contributed by atoms with Crippen LogP contribution < -0.4 is 10.5 Å². The van der Waals surface area contributed by atoms with Gasteiger partial charge in [-0.2, -0.15) is 13.2 Å². The normalized spacial score (nSPS) is 11.4. The summed E-state index contributed by atoms with van der Waals surface area (Å²) in [7, 11) is 0. The zero-order valence-electron chi connectivity index (χ0n) is 9.41. The van der Waals surface area contributed by atoms with Gasteiger partial charge in [-0.15, -0.1) is 0 Å². The molecule has 2 rings (SSSR count). The molecule has 1 aromatic carbocycles. The van der Waals surface area contributed by atoms with E-state index in [1.165, 1.54) is 6.07 Å². The van der Waals surface area contributed by atoms with Gasteiger partial charge in [0.05, 0.1) is 16.9 Å². The lowest BCUT2D eigenvalue weighted by molar-refractivity contribution is -0.141. The third-order valence-corrected chi connectivity index (χ3v) is 2.55. The highest BCUT2D eigenvalue weighted by atomic mass is 35.5. The van der Waals surface area contributed by atoms with Gasteiger partial charge in [-0.05, 0) is 12.1 Å². The maximum Gasteiger partial charge on any atom is 0.433 e. The summed E-state index contributed by atoms with van der Waals surface area (Å²) in [5.74, 6) is 0.0746. The molecule has 2 aromatic rings. The van der Waals surface area contributed by atoms with Gasteiger partial charge in [0, 0.05) is 6.07 Å². The topological polar surface area (TPSA) is 48.1 Å². The summed E-state index contributed by atoms with van der Waals surface area (Å²) in [4.78, 5) is 3.21. The molecular formula is C12H8ClF3N2O. The highest BCUT2D eigenvalue weighted by molar-refractivity contribution is 6.32. The van der Waals surface area contributed by atoms with Crippen molar-refractivity contribution in [2.75, 3.05) is 5.73 Å². The number of aromatic nitrogens is 1. The van der Waals surface area contributed by atoms with Gasteiger partial charge in [-0.25, -0.2) is 4.98 Å². The van der Waals surface area contributed by atoms with Gasteiger partial charge in [0.25, 0.3) is 0 Å². The maximum atomic E-state index is 12.5. The average molecular weight is 289 g/mol. The van der Waals surface area contributed by atoms with E-state index in [1.54, 1.807) is 18.2 Å². The molecule has 0 atom stereocenters. The fraction of sp³-hybridized carbons (Fsp3) is 0.0833. The highest BCUT2D eigenvalue weighted by Crippen LogP contribution is 2.36. The van der Waals surface area contributed by atoms with E-state index in [1.807, 2.05) is 0 Å². The Bertz CT molecular complexity index is 602. The van der Waals surface area contributed by atoms with Gasteiger partial charge >= 0.3 is 6.18 Å². The molecule has 0 saturated carbocycles. The largest absolute Gasteiger partial charge is 0.453 e. The molecule has 19 heavy (non-hydrogen) atoms. The van der Waals surface area contributed by atoms with Crippen molar-refractivity contribution in [2.45, 2.75) is 6.18 Å². The molecule has 0 aliphatic heterocycles. The summed E-state index contributed by atoms with van der Waals surface area (Å²) in [5.41, 5.74) is 4.45. The number of nitrogens with zero attached hydrogens (tertiary/aromatic N) is 1. The maximum absolute atomic E-state index is 12.5. The fourth-order valence-corrected chi connectivity index (χ4v) is 1.51. The summed E-state index contributed by atoms with van der Waals surface area (Å²) in [6, 6.07) is 7.13. The molecule has 0 amide bonds. The second-order valence-electron chi connectivity index (χ2n) is 3.64. The van der Waals surface area contributed by atoms with Crippen LogP contribution in [0, 0.1) is 0 Å². The van der Waals surface area contributed by atoms with Gasteiger partial charge in [0.2, 0.25) is 0 Å². The molecule has 0 aliphatic carbocycles. The second kappa shape index (κ2) is 4.97. The van der Waals surface area contributed by atoms with Crippen molar-refractivity contribution in [1.82, 2.24) is 4.98 Å². The fourth-order valence-electron chi connectivity index (χ4n) is 1.34. The average Bonchev–Trinajstić information content (AvgIpc) is 2.33. The number of nitrogens with two attached hydrogens (primary N) is 1. The smallest absolute Gasteiger partial charge is 0.433 e. The van der Waals surface area contributed by atoms with E-state index >= 15 is 0 Å². The predicted molar refractivity (Wildman–Crippen MR) is 65.2 cm³/mol. The third kappa shape index (κ3) is 3.08. The number of hydrogen-bond donors (Lipinski definition) is 1. The number of benzene rings is 1. The first kappa shape index (κ1) is 13.5. The number of para-hydroxylation sites is 1. The number of hydrogen-bond acceptors (Lipinski definition) is 3. The van der Waals surface area contributed by atoms with E-state index in [2.05, 4.69) is 4.98 Å². The van der Waals surface area contributed by atoms with Gasteiger partial charge < -0.3 is 10.5 Å². The molecule has 1 heterocycles. The Morgan fingerprint density at radius 2 is 1.84 bits per heavy atom. The zero-order valence-corrected chi connectivity index (χ0v) is 10.2. The third-order valence-electron chi connectivity index (χ3n) is 2.24. The Morgan fingerprint density at radius 1 is 1.16 bits per heavy atom. The number of rotatable bonds is 2. The second-order valence-corrected chi connectivity index (χ2v) is 4.04. The van der Waals surface area contributed by atoms with Crippen molar-refractivity contribution in [1.29, 1.82) is 0 Å². The first-order valence-electron chi connectivity index (χ1n) is 5.13. The molecular weight excluding hydrogens is 281 g/mol. The molecule has 0 radical (unpaired) electrons. The summed E-state index contributed by atoms with van der Waals surface area (Å²) in [6.07, 6.45) is -3.67. The standard InChI is InChI=1S/C12H8ClF3N2O/c13-7-3-1-2-4-9(7)19-10-5-11(12(14,15)16)18-6-8(10)17/h1-6H,17H2. The number of pyridine rings is 1. The van der Waals surface area contributed by atoms with E-state index in [-0.39, 0.29) is 22.2 Å². The minimum absolute atomic E-state index is 0.00656. The summed E-state index contributed by atoms with van der Waals surface area (Å²) in [6.45, 7) is 0. The lowest BCUT2D eigenvalue weighted by atomic mass is 10.3. The van der Waals surface area contributed by atoms with Crippen molar-refractivity contribution >= 4 is 17.3 Å². The molecule has 0 fully saturated rings. The molecule has 0 unspecified atom stereocenters. The minimum atomic E-state index is -4.56. The molecule has 0 spiro atoms. The molecule has 0 bridgehead atoms. The monoisotopic (exact) mass is 288 g/mol. The number of ether oxygens (including phenoxy) is 1.